The number of likely N-dealkylation sites (N-methyl/N-ethyl adjacent to an activating group) is 1. The standard InChI is InChI=1S/C14H21N3S/c1-16-7-8-17(10-12-11-18-9-6-15-12)14-5-3-2-4-13(14)16/h2-5,12,15H,6-11H2,1H3. The number of hydrogen-bond acceptors (Lipinski definition) is 4. The Labute approximate surface area is 114 Å². The highest BCUT2D eigenvalue weighted by Gasteiger charge is 2.23. The summed E-state index contributed by atoms with van der Waals surface area (Å²) in [5.74, 6) is 2.50. The van der Waals surface area contributed by atoms with Crippen LogP contribution in [0.5, 0.6) is 0 Å². The van der Waals surface area contributed by atoms with Crippen molar-refractivity contribution in [2.45, 2.75) is 6.04 Å². The Morgan fingerprint density at radius 1 is 1.28 bits per heavy atom. The molecule has 1 atom stereocenters. The lowest BCUT2D eigenvalue weighted by Crippen LogP contribution is -2.49. The van der Waals surface area contributed by atoms with Crippen molar-refractivity contribution in [2.24, 2.45) is 0 Å². The first-order valence-electron chi connectivity index (χ1n) is 6.71. The topological polar surface area (TPSA) is 18.5 Å². The first-order valence-corrected chi connectivity index (χ1v) is 7.86. The summed E-state index contributed by atoms with van der Waals surface area (Å²) in [5, 5.41) is 3.63. The molecule has 0 aromatic heterocycles. The lowest BCUT2D eigenvalue weighted by atomic mass is 10.1. The molecule has 0 amide bonds. The molecule has 0 aliphatic carbocycles. The molecule has 3 nitrogen and oxygen atoms in total. The van der Waals surface area contributed by atoms with Crippen LogP contribution in [-0.4, -0.2) is 50.8 Å². The largest absolute Gasteiger partial charge is 0.371 e. The van der Waals surface area contributed by atoms with Crippen molar-refractivity contribution < 1.29 is 0 Å². The molecule has 1 aromatic rings. The third-order valence-corrected chi connectivity index (χ3v) is 4.91. The van der Waals surface area contributed by atoms with Gasteiger partial charge in [-0.15, -0.1) is 0 Å². The van der Waals surface area contributed by atoms with E-state index in [1.807, 2.05) is 0 Å². The van der Waals surface area contributed by atoms with Gasteiger partial charge in [0.05, 0.1) is 11.4 Å². The molecule has 98 valence electrons. The molecule has 1 unspecified atom stereocenters. The van der Waals surface area contributed by atoms with E-state index in [1.54, 1.807) is 0 Å². The average molecular weight is 263 g/mol. The van der Waals surface area contributed by atoms with Crippen LogP contribution in [0.4, 0.5) is 11.4 Å². The van der Waals surface area contributed by atoms with Gasteiger partial charge in [0.15, 0.2) is 0 Å². The molecule has 1 N–H and O–H groups in total. The van der Waals surface area contributed by atoms with Crippen molar-refractivity contribution in [3.63, 3.8) is 0 Å². The van der Waals surface area contributed by atoms with E-state index in [-0.39, 0.29) is 0 Å². The molecule has 0 spiro atoms. The van der Waals surface area contributed by atoms with Crippen LogP contribution in [-0.2, 0) is 0 Å². The highest BCUT2D eigenvalue weighted by molar-refractivity contribution is 7.99. The van der Waals surface area contributed by atoms with Gasteiger partial charge in [-0.05, 0) is 12.1 Å². The van der Waals surface area contributed by atoms with Crippen molar-refractivity contribution in [3.05, 3.63) is 24.3 Å². The van der Waals surface area contributed by atoms with Gasteiger partial charge < -0.3 is 15.1 Å². The Kier molecular flexibility index (Phi) is 3.66. The fourth-order valence-corrected chi connectivity index (χ4v) is 3.70. The molecule has 1 saturated heterocycles. The highest BCUT2D eigenvalue weighted by atomic mass is 32.2. The summed E-state index contributed by atoms with van der Waals surface area (Å²) in [7, 11) is 2.19. The first-order chi connectivity index (χ1) is 8.84. The predicted octanol–water partition coefficient (Wildman–Crippen LogP) is 1.65. The fraction of sp³-hybridized carbons (Fsp3) is 0.571. The summed E-state index contributed by atoms with van der Waals surface area (Å²) in [6.45, 7) is 4.55. The number of anilines is 2. The van der Waals surface area contributed by atoms with Crippen LogP contribution in [0.15, 0.2) is 24.3 Å². The van der Waals surface area contributed by atoms with E-state index < -0.39 is 0 Å². The number of nitrogens with one attached hydrogen (secondary N) is 1. The quantitative estimate of drug-likeness (QED) is 0.874. The summed E-state index contributed by atoms with van der Waals surface area (Å²) in [4.78, 5) is 4.90. The zero-order chi connectivity index (χ0) is 12.4. The second-order valence-corrected chi connectivity index (χ2v) is 6.23. The second-order valence-electron chi connectivity index (χ2n) is 5.08. The van der Waals surface area contributed by atoms with Gasteiger partial charge in [-0.1, -0.05) is 12.1 Å². The maximum atomic E-state index is 3.63. The van der Waals surface area contributed by atoms with Crippen LogP contribution < -0.4 is 15.1 Å². The highest BCUT2D eigenvalue weighted by Crippen LogP contribution is 2.31. The van der Waals surface area contributed by atoms with Crippen molar-refractivity contribution in [1.82, 2.24) is 5.32 Å². The van der Waals surface area contributed by atoms with E-state index in [0.29, 0.717) is 6.04 Å². The van der Waals surface area contributed by atoms with Gasteiger partial charge in [-0.25, -0.2) is 0 Å². The van der Waals surface area contributed by atoms with Gasteiger partial charge in [0.1, 0.15) is 0 Å². The van der Waals surface area contributed by atoms with E-state index in [0.717, 1.165) is 26.2 Å². The van der Waals surface area contributed by atoms with Gasteiger partial charge in [0.2, 0.25) is 0 Å². The number of nitrogens with zero attached hydrogens (tertiary/aromatic N) is 2. The molecular weight excluding hydrogens is 242 g/mol. The molecule has 18 heavy (non-hydrogen) atoms. The smallest absolute Gasteiger partial charge is 0.0605 e. The van der Waals surface area contributed by atoms with Gasteiger partial charge >= 0.3 is 0 Å². The Morgan fingerprint density at radius 2 is 2.11 bits per heavy atom. The van der Waals surface area contributed by atoms with Crippen LogP contribution in [0, 0.1) is 0 Å². The number of fused-ring (bicyclic) bond motifs is 1. The van der Waals surface area contributed by atoms with Gasteiger partial charge in [-0.2, -0.15) is 11.8 Å². The van der Waals surface area contributed by atoms with Crippen LogP contribution >= 0.6 is 11.8 Å². The zero-order valence-corrected chi connectivity index (χ0v) is 11.7. The minimum absolute atomic E-state index is 0.639. The van der Waals surface area contributed by atoms with Crippen LogP contribution in [0.2, 0.25) is 0 Å². The third kappa shape index (κ3) is 2.45. The van der Waals surface area contributed by atoms with E-state index in [4.69, 9.17) is 0 Å². The minimum atomic E-state index is 0.639. The number of para-hydroxylation sites is 2. The molecule has 0 saturated carbocycles. The molecular formula is C14H21N3S. The molecule has 2 aliphatic rings. The zero-order valence-electron chi connectivity index (χ0n) is 10.9. The number of thioether (sulfide) groups is 1. The van der Waals surface area contributed by atoms with E-state index >= 15 is 0 Å². The third-order valence-electron chi connectivity index (χ3n) is 3.78. The summed E-state index contributed by atoms with van der Waals surface area (Å²) < 4.78 is 0. The van der Waals surface area contributed by atoms with Crippen molar-refractivity contribution in [1.29, 1.82) is 0 Å². The maximum Gasteiger partial charge on any atom is 0.0605 e. The molecule has 0 radical (unpaired) electrons. The minimum Gasteiger partial charge on any atom is -0.371 e. The lowest BCUT2D eigenvalue weighted by Gasteiger charge is -2.39. The molecule has 1 aromatic carbocycles. The van der Waals surface area contributed by atoms with E-state index in [2.05, 4.69) is 58.2 Å². The Bertz CT molecular complexity index is 404. The number of hydrogen-bond donors (Lipinski definition) is 1. The summed E-state index contributed by atoms with van der Waals surface area (Å²) in [6.07, 6.45) is 0. The van der Waals surface area contributed by atoms with E-state index in [9.17, 15) is 0 Å². The number of rotatable bonds is 2. The molecule has 2 heterocycles. The second kappa shape index (κ2) is 5.41. The summed E-state index contributed by atoms with van der Waals surface area (Å²) in [6, 6.07) is 9.40. The first kappa shape index (κ1) is 12.2. The average Bonchev–Trinajstić information content (AvgIpc) is 2.44. The summed E-state index contributed by atoms with van der Waals surface area (Å²) in [5.41, 5.74) is 2.76. The fourth-order valence-electron chi connectivity index (χ4n) is 2.76. The SMILES string of the molecule is CN1CCN(CC2CSCCN2)c2ccccc21. The summed E-state index contributed by atoms with van der Waals surface area (Å²) >= 11 is 2.07. The molecule has 3 rings (SSSR count). The van der Waals surface area contributed by atoms with Crippen LogP contribution in [0.1, 0.15) is 0 Å². The molecule has 2 aliphatic heterocycles. The van der Waals surface area contributed by atoms with E-state index in [1.165, 1.54) is 22.9 Å². The van der Waals surface area contributed by atoms with Gasteiger partial charge in [0, 0.05) is 50.8 Å². The Balaban J connectivity index is 1.75. The Hall–Kier alpha value is -0.870. The normalized spacial score (nSPS) is 23.9. The Morgan fingerprint density at radius 3 is 2.89 bits per heavy atom. The van der Waals surface area contributed by atoms with Crippen LogP contribution in [0.25, 0.3) is 0 Å². The van der Waals surface area contributed by atoms with Crippen LogP contribution in [0.3, 0.4) is 0 Å². The predicted molar refractivity (Wildman–Crippen MR) is 81.0 cm³/mol. The lowest BCUT2D eigenvalue weighted by molar-refractivity contribution is 0.545. The number of benzene rings is 1. The molecule has 1 fully saturated rings. The monoisotopic (exact) mass is 263 g/mol. The molecule has 4 heteroatoms. The van der Waals surface area contributed by atoms with Crippen molar-refractivity contribution in [3.8, 4) is 0 Å². The maximum absolute atomic E-state index is 3.63. The van der Waals surface area contributed by atoms with Gasteiger partial charge in [0.25, 0.3) is 0 Å². The molecule has 0 bridgehead atoms. The van der Waals surface area contributed by atoms with Crippen molar-refractivity contribution in [2.75, 3.05) is 54.5 Å². The van der Waals surface area contributed by atoms with Crippen molar-refractivity contribution >= 4 is 23.1 Å². The van der Waals surface area contributed by atoms with Gasteiger partial charge in [-0.3, -0.25) is 0 Å².